The van der Waals surface area contributed by atoms with Crippen LogP contribution in [-0.4, -0.2) is 30.7 Å². The van der Waals surface area contributed by atoms with E-state index in [2.05, 4.69) is 0 Å². The molecule has 1 saturated heterocycles. The SMILES string of the molecule is O=C1CC2CC(C2)C1C1(CCCCCl)OCCO1. The molecule has 0 aromatic heterocycles. The third kappa shape index (κ3) is 2.10. The van der Waals surface area contributed by atoms with Crippen LogP contribution in [-0.2, 0) is 14.3 Å². The molecule has 0 amide bonds. The Hall–Kier alpha value is -0.120. The number of ether oxygens (including phenoxy) is 2. The van der Waals surface area contributed by atoms with E-state index in [9.17, 15) is 4.79 Å². The van der Waals surface area contributed by atoms with Gasteiger partial charge in [0.2, 0.25) is 0 Å². The third-order valence-electron chi connectivity index (χ3n) is 4.74. The topological polar surface area (TPSA) is 35.5 Å². The van der Waals surface area contributed by atoms with Gasteiger partial charge in [0.05, 0.1) is 19.1 Å². The maximum absolute atomic E-state index is 12.3. The second-order valence-corrected chi connectivity index (χ2v) is 6.28. The first kappa shape index (κ1) is 12.9. The predicted molar refractivity (Wildman–Crippen MR) is 68.5 cm³/mol. The molecule has 1 atom stereocenters. The number of unbranched alkanes of at least 4 members (excludes halogenated alkanes) is 1. The number of halogens is 1. The molecule has 2 bridgehead atoms. The summed E-state index contributed by atoms with van der Waals surface area (Å²) in [6.45, 7) is 1.25. The van der Waals surface area contributed by atoms with E-state index in [0.717, 1.165) is 25.7 Å². The monoisotopic (exact) mass is 272 g/mol. The maximum Gasteiger partial charge on any atom is 0.178 e. The first-order valence-electron chi connectivity index (χ1n) is 7.12. The highest BCUT2D eigenvalue weighted by Gasteiger charge is 2.57. The van der Waals surface area contributed by atoms with E-state index in [0.29, 0.717) is 36.7 Å². The Balaban J connectivity index is 1.73. The van der Waals surface area contributed by atoms with Gasteiger partial charge in [-0.15, -0.1) is 11.6 Å². The van der Waals surface area contributed by atoms with E-state index < -0.39 is 5.79 Å². The fraction of sp³-hybridized carbons (Fsp3) is 0.929. The molecule has 0 aromatic carbocycles. The molecular formula is C14H21ClO3. The molecule has 4 rings (SSSR count). The van der Waals surface area contributed by atoms with Crippen LogP contribution in [0.2, 0.25) is 0 Å². The molecule has 4 fully saturated rings. The number of fused-ring (bicyclic) bond motifs is 2. The summed E-state index contributed by atoms with van der Waals surface area (Å²) in [7, 11) is 0. The summed E-state index contributed by atoms with van der Waals surface area (Å²) in [4.78, 5) is 12.3. The minimum atomic E-state index is -0.612. The van der Waals surface area contributed by atoms with Crippen LogP contribution in [0.25, 0.3) is 0 Å². The van der Waals surface area contributed by atoms with Gasteiger partial charge in [0.1, 0.15) is 5.78 Å². The molecule has 0 N–H and O–H groups in total. The first-order chi connectivity index (χ1) is 8.75. The molecule has 102 valence electrons. The average Bonchev–Trinajstić information content (AvgIpc) is 2.77. The molecule has 3 aliphatic carbocycles. The fourth-order valence-corrected chi connectivity index (χ4v) is 4.11. The molecule has 3 nitrogen and oxygen atoms in total. The van der Waals surface area contributed by atoms with Gasteiger partial charge in [-0.1, -0.05) is 0 Å². The van der Waals surface area contributed by atoms with Crippen LogP contribution < -0.4 is 0 Å². The van der Waals surface area contributed by atoms with Gasteiger partial charge in [0, 0.05) is 18.7 Å². The molecule has 1 aliphatic heterocycles. The second kappa shape index (κ2) is 5.10. The number of ketones is 1. The Morgan fingerprint density at radius 3 is 2.56 bits per heavy atom. The number of alkyl halides is 1. The summed E-state index contributed by atoms with van der Waals surface area (Å²) in [6.07, 6.45) is 5.89. The van der Waals surface area contributed by atoms with Crippen molar-refractivity contribution in [3.05, 3.63) is 0 Å². The molecule has 18 heavy (non-hydrogen) atoms. The van der Waals surface area contributed by atoms with Gasteiger partial charge >= 0.3 is 0 Å². The van der Waals surface area contributed by atoms with E-state index in [1.54, 1.807) is 0 Å². The summed E-state index contributed by atoms with van der Waals surface area (Å²) in [5.41, 5.74) is 0. The van der Waals surface area contributed by atoms with Crippen molar-refractivity contribution >= 4 is 17.4 Å². The quantitative estimate of drug-likeness (QED) is 0.570. The number of carbonyl (C=O) groups excluding carboxylic acids is 1. The smallest absolute Gasteiger partial charge is 0.178 e. The molecule has 1 unspecified atom stereocenters. The largest absolute Gasteiger partial charge is 0.347 e. The zero-order valence-electron chi connectivity index (χ0n) is 10.7. The highest BCUT2D eigenvalue weighted by atomic mass is 35.5. The lowest BCUT2D eigenvalue weighted by molar-refractivity contribution is -0.227. The highest BCUT2D eigenvalue weighted by molar-refractivity contribution is 6.17. The van der Waals surface area contributed by atoms with Crippen LogP contribution in [0.3, 0.4) is 0 Å². The summed E-state index contributed by atoms with van der Waals surface area (Å²) in [6, 6.07) is 0. The van der Waals surface area contributed by atoms with Gasteiger partial charge in [-0.25, -0.2) is 0 Å². The first-order valence-corrected chi connectivity index (χ1v) is 7.65. The maximum atomic E-state index is 12.3. The summed E-state index contributed by atoms with van der Waals surface area (Å²) >= 11 is 5.73. The molecule has 4 aliphatic rings. The van der Waals surface area contributed by atoms with E-state index in [1.165, 1.54) is 12.8 Å². The van der Waals surface area contributed by atoms with Crippen LogP contribution in [0, 0.1) is 17.8 Å². The van der Waals surface area contributed by atoms with Crippen molar-refractivity contribution in [3.63, 3.8) is 0 Å². The van der Waals surface area contributed by atoms with Gasteiger partial charge in [0.15, 0.2) is 5.79 Å². The Kier molecular flexibility index (Phi) is 3.65. The van der Waals surface area contributed by atoms with Gasteiger partial charge in [-0.05, 0) is 37.5 Å². The lowest BCUT2D eigenvalue weighted by Crippen LogP contribution is -2.55. The molecule has 3 saturated carbocycles. The number of rotatable bonds is 5. The number of hydrogen-bond donors (Lipinski definition) is 0. The van der Waals surface area contributed by atoms with Gasteiger partial charge in [-0.2, -0.15) is 0 Å². The Morgan fingerprint density at radius 1 is 1.22 bits per heavy atom. The van der Waals surface area contributed by atoms with E-state index in [4.69, 9.17) is 21.1 Å². The van der Waals surface area contributed by atoms with E-state index in [-0.39, 0.29) is 5.92 Å². The molecule has 0 radical (unpaired) electrons. The standard InChI is InChI=1S/C14H21ClO3/c15-4-2-1-3-14(17-5-6-18-14)13-11-7-10(8-11)9-12(13)16/h10-11,13H,1-9H2. The fourth-order valence-electron chi connectivity index (χ4n) is 3.92. The van der Waals surface area contributed by atoms with Crippen LogP contribution >= 0.6 is 11.6 Å². The van der Waals surface area contributed by atoms with Crippen molar-refractivity contribution in [2.24, 2.45) is 17.8 Å². The van der Waals surface area contributed by atoms with Crippen LogP contribution in [0.5, 0.6) is 0 Å². The summed E-state index contributed by atoms with van der Waals surface area (Å²) < 4.78 is 11.8. The van der Waals surface area contributed by atoms with Gasteiger partial charge in [0.25, 0.3) is 0 Å². The molecule has 4 heteroatoms. The molecule has 0 spiro atoms. The highest BCUT2D eigenvalue weighted by Crippen LogP contribution is 2.53. The van der Waals surface area contributed by atoms with Crippen LogP contribution in [0.15, 0.2) is 0 Å². The number of carbonyl (C=O) groups is 1. The summed E-state index contributed by atoms with van der Waals surface area (Å²) in [5, 5.41) is 0. The van der Waals surface area contributed by atoms with Crippen molar-refractivity contribution in [3.8, 4) is 0 Å². The molecule has 0 aromatic rings. The lowest BCUT2D eigenvalue weighted by atomic mass is 9.57. The second-order valence-electron chi connectivity index (χ2n) is 5.90. The Bertz CT molecular complexity index is 319. The lowest BCUT2D eigenvalue weighted by Gasteiger charge is -2.50. The van der Waals surface area contributed by atoms with Crippen molar-refractivity contribution in [2.75, 3.05) is 19.1 Å². The molecular weight excluding hydrogens is 252 g/mol. The Morgan fingerprint density at radius 2 is 1.94 bits per heavy atom. The normalized spacial score (nSPS) is 37.6. The average molecular weight is 273 g/mol. The minimum absolute atomic E-state index is 0.0136. The third-order valence-corrected chi connectivity index (χ3v) is 5.01. The minimum Gasteiger partial charge on any atom is -0.347 e. The van der Waals surface area contributed by atoms with E-state index in [1.807, 2.05) is 0 Å². The number of Topliss-reactive ketones (excluding diaryl/α,β-unsaturated/α-hetero) is 1. The van der Waals surface area contributed by atoms with Crippen molar-refractivity contribution in [1.29, 1.82) is 0 Å². The Labute approximate surface area is 113 Å². The van der Waals surface area contributed by atoms with Crippen LogP contribution in [0.4, 0.5) is 0 Å². The van der Waals surface area contributed by atoms with E-state index >= 15 is 0 Å². The predicted octanol–water partition coefficient (Wildman–Crippen LogP) is 2.75. The van der Waals surface area contributed by atoms with Gasteiger partial charge in [-0.3, -0.25) is 4.79 Å². The zero-order chi connectivity index (χ0) is 12.6. The van der Waals surface area contributed by atoms with Gasteiger partial charge < -0.3 is 9.47 Å². The zero-order valence-corrected chi connectivity index (χ0v) is 11.5. The van der Waals surface area contributed by atoms with Crippen molar-refractivity contribution < 1.29 is 14.3 Å². The molecule has 1 heterocycles. The number of hydrogen-bond acceptors (Lipinski definition) is 3. The van der Waals surface area contributed by atoms with Crippen molar-refractivity contribution in [2.45, 2.75) is 44.3 Å². The van der Waals surface area contributed by atoms with Crippen LogP contribution in [0.1, 0.15) is 38.5 Å². The van der Waals surface area contributed by atoms with Crippen molar-refractivity contribution in [1.82, 2.24) is 0 Å². The summed E-state index contributed by atoms with van der Waals surface area (Å²) in [5.74, 6) is 1.57.